The van der Waals surface area contributed by atoms with Crippen LogP contribution in [0.4, 0.5) is 0 Å². The molecule has 7 heteroatoms. The number of aromatic nitrogens is 5. The first kappa shape index (κ1) is 41.2. The fourth-order valence-corrected chi connectivity index (χ4v) is 10.7. The van der Waals surface area contributed by atoms with Crippen molar-refractivity contribution in [3.05, 3.63) is 261 Å². The van der Waals surface area contributed by atoms with Gasteiger partial charge < -0.3 is 4.57 Å². The van der Waals surface area contributed by atoms with Gasteiger partial charge in [-0.3, -0.25) is 4.57 Å². The van der Waals surface area contributed by atoms with Crippen LogP contribution in [0.3, 0.4) is 0 Å². The molecule has 10 aromatic carbocycles. The molecule has 3 aromatic heterocycles. The Kier molecular flexibility index (Phi) is 10.3. The Labute approximate surface area is 407 Å². The molecule has 0 aliphatic carbocycles. The summed E-state index contributed by atoms with van der Waals surface area (Å²) < 4.78 is 4.74. The Morgan fingerprint density at radius 3 is 1.01 bits per heavy atom. The summed E-state index contributed by atoms with van der Waals surface area (Å²) in [7, 11) is 0. The molecule has 0 bridgehead atoms. The van der Waals surface area contributed by atoms with Gasteiger partial charge in [0, 0.05) is 38.4 Å². The molecule has 0 amide bonds. The number of nitrogens with zero attached hydrogens (tertiary/aromatic N) is 5. The van der Waals surface area contributed by atoms with Gasteiger partial charge in [0.05, 0.1) is 22.1 Å². The maximum atomic E-state index is 5.42. The lowest BCUT2D eigenvalue weighted by atomic mass is 9.37. The summed E-state index contributed by atoms with van der Waals surface area (Å²) in [6.45, 7) is 0.0487. The minimum Gasteiger partial charge on any atom is -0.307 e. The van der Waals surface area contributed by atoms with Crippen molar-refractivity contribution in [2.45, 2.75) is 0 Å². The van der Waals surface area contributed by atoms with Crippen molar-refractivity contribution >= 4 is 89.8 Å². The summed E-state index contributed by atoms with van der Waals surface area (Å²) in [6.07, 6.45) is 0. The number of hydrogen-bond donors (Lipinski definition) is 0. The predicted octanol–water partition coefficient (Wildman–Crippen LogP) is 10.4. The molecule has 0 saturated heterocycles. The molecule has 0 fully saturated rings. The number of fused-ring (bicyclic) bond motifs is 7. The van der Waals surface area contributed by atoms with Crippen molar-refractivity contribution in [1.82, 2.24) is 24.1 Å². The van der Waals surface area contributed by atoms with Crippen molar-refractivity contribution in [2.24, 2.45) is 0 Å². The second-order valence-electron chi connectivity index (χ2n) is 17.9. The van der Waals surface area contributed by atoms with Crippen LogP contribution in [0.2, 0.25) is 0 Å². The average Bonchev–Trinajstić information content (AvgIpc) is 3.95. The van der Waals surface area contributed by atoms with Gasteiger partial charge in [0.15, 0.2) is 11.6 Å². The minimum atomic E-state index is 0.0110. The molecule has 0 radical (unpaired) electrons. The molecule has 0 spiro atoms. The number of para-hydroxylation sites is 1. The monoisotopic (exact) mass is 891 g/mol. The largest absolute Gasteiger partial charge is 0.307 e. The number of rotatable bonds is 10. The van der Waals surface area contributed by atoms with Gasteiger partial charge >= 0.3 is 0 Å². The van der Waals surface area contributed by atoms with E-state index in [9.17, 15) is 0 Å². The minimum absolute atomic E-state index is 0.0110. The molecule has 0 aliphatic heterocycles. The van der Waals surface area contributed by atoms with Crippen LogP contribution < -0.4 is 32.8 Å². The Morgan fingerprint density at radius 2 is 0.614 bits per heavy atom. The molecule has 13 aromatic rings. The van der Waals surface area contributed by atoms with Gasteiger partial charge in [-0.1, -0.05) is 269 Å². The highest BCUT2D eigenvalue weighted by Gasteiger charge is 2.28. The van der Waals surface area contributed by atoms with Gasteiger partial charge in [0.25, 0.3) is 0 Å². The predicted molar refractivity (Wildman–Crippen MR) is 294 cm³/mol. The number of benzene rings is 10. The molecule has 0 unspecified atom stereocenters. The van der Waals surface area contributed by atoms with Crippen molar-refractivity contribution in [3.63, 3.8) is 0 Å². The third-order valence-electron chi connectivity index (χ3n) is 13.8. The van der Waals surface area contributed by atoms with E-state index in [2.05, 4.69) is 234 Å². The highest BCUT2D eigenvalue weighted by Crippen LogP contribution is 2.41. The van der Waals surface area contributed by atoms with Crippen LogP contribution in [0.1, 0.15) is 0 Å². The van der Waals surface area contributed by atoms with Gasteiger partial charge in [-0.05, 0) is 24.3 Å². The first-order valence-corrected chi connectivity index (χ1v) is 23.9. The van der Waals surface area contributed by atoms with Crippen LogP contribution in [0.5, 0.6) is 0 Å². The lowest BCUT2D eigenvalue weighted by Crippen LogP contribution is -2.51. The maximum absolute atomic E-state index is 5.42. The maximum Gasteiger partial charge on any atom is 0.241 e. The van der Waals surface area contributed by atoms with E-state index in [4.69, 9.17) is 15.0 Å². The first-order chi connectivity index (χ1) is 34.7. The molecule has 0 N–H and O–H groups in total. The smallest absolute Gasteiger partial charge is 0.241 e. The molecule has 3 heterocycles. The summed E-state index contributed by atoms with van der Waals surface area (Å²) in [4.78, 5) is 16.0. The van der Waals surface area contributed by atoms with E-state index in [-0.39, 0.29) is 13.4 Å². The SMILES string of the molecule is c1ccc(B(c2ccccc2)c2ccc3c(c2)c2ccc4c5cc(B(c6ccccc6)c6ccccc6)ccc5n(-c5nc(-c6ccccc6)nc(-c6ccccc6)n5)c4c2n3-c2ccccc2)cc1. The molecule has 326 valence electrons. The van der Waals surface area contributed by atoms with E-state index in [0.717, 1.165) is 55.0 Å². The second-order valence-corrected chi connectivity index (χ2v) is 17.9. The fraction of sp³-hybridized carbons (Fsp3) is 0. The number of hydrogen-bond acceptors (Lipinski definition) is 3. The van der Waals surface area contributed by atoms with E-state index < -0.39 is 0 Å². The third kappa shape index (κ3) is 7.19. The zero-order valence-electron chi connectivity index (χ0n) is 38.2. The fourth-order valence-electron chi connectivity index (χ4n) is 10.7. The van der Waals surface area contributed by atoms with Gasteiger partial charge in [0.2, 0.25) is 19.4 Å². The average molecular weight is 892 g/mol. The van der Waals surface area contributed by atoms with Crippen LogP contribution >= 0.6 is 0 Å². The van der Waals surface area contributed by atoms with Gasteiger partial charge in [-0.15, -0.1) is 0 Å². The molecule has 0 atom stereocenters. The van der Waals surface area contributed by atoms with Gasteiger partial charge in [-0.25, -0.2) is 4.98 Å². The summed E-state index contributed by atoms with van der Waals surface area (Å²) >= 11 is 0. The van der Waals surface area contributed by atoms with Crippen LogP contribution in [0, 0.1) is 0 Å². The Hall–Kier alpha value is -9.06. The van der Waals surface area contributed by atoms with E-state index in [1.807, 2.05) is 36.4 Å². The summed E-state index contributed by atoms with van der Waals surface area (Å²) in [5.74, 6) is 1.77. The van der Waals surface area contributed by atoms with Crippen molar-refractivity contribution < 1.29 is 0 Å². The second kappa shape index (κ2) is 17.5. The highest BCUT2D eigenvalue weighted by atomic mass is 15.2. The summed E-state index contributed by atoms with van der Waals surface area (Å²) in [6, 6.07) is 93.4. The summed E-state index contributed by atoms with van der Waals surface area (Å²) in [5.41, 5.74) is 14.5. The quantitative estimate of drug-likeness (QED) is 0.129. The molecule has 5 nitrogen and oxygen atoms in total. The third-order valence-corrected chi connectivity index (χ3v) is 13.8. The lowest BCUT2D eigenvalue weighted by molar-refractivity contribution is 0.953. The zero-order valence-corrected chi connectivity index (χ0v) is 38.2. The normalized spacial score (nSPS) is 11.4. The van der Waals surface area contributed by atoms with Crippen LogP contribution in [-0.2, 0) is 0 Å². The van der Waals surface area contributed by atoms with E-state index in [1.54, 1.807) is 0 Å². The molecule has 0 saturated carbocycles. The van der Waals surface area contributed by atoms with Crippen LogP contribution in [0.15, 0.2) is 261 Å². The lowest BCUT2D eigenvalue weighted by Gasteiger charge is -2.16. The molecule has 70 heavy (non-hydrogen) atoms. The van der Waals surface area contributed by atoms with Crippen LogP contribution in [-0.4, -0.2) is 37.5 Å². The summed E-state index contributed by atoms with van der Waals surface area (Å²) in [5, 5.41) is 4.54. The van der Waals surface area contributed by atoms with Crippen molar-refractivity contribution in [2.75, 3.05) is 0 Å². The molecular weight excluding hydrogens is 848 g/mol. The standard InChI is InChI=1S/C63H43B2N5/c1-8-22-44(23-9-1)61-66-62(45-24-10-2-11-25-45)68-63(67-61)70-58-41-37-51(65(48-30-16-5-17-31-48)49-32-18-6-19-33-49)43-56(58)54-39-38-53-55-42-50(64(46-26-12-3-13-27-46)47-28-14-4-15-29-47)36-40-57(55)69(59(53)60(54)70)52-34-20-7-21-35-52/h1-43H. The van der Waals surface area contributed by atoms with E-state index in [1.165, 1.54) is 38.2 Å². The van der Waals surface area contributed by atoms with Gasteiger partial charge in [-0.2, -0.15) is 9.97 Å². The Balaban J connectivity index is 1.16. The van der Waals surface area contributed by atoms with Crippen molar-refractivity contribution in [1.29, 1.82) is 0 Å². The van der Waals surface area contributed by atoms with Crippen LogP contribution in [0.25, 0.3) is 78.0 Å². The topological polar surface area (TPSA) is 48.5 Å². The Morgan fingerprint density at radius 1 is 0.271 bits per heavy atom. The van der Waals surface area contributed by atoms with Crippen molar-refractivity contribution in [3.8, 4) is 34.4 Å². The Bertz CT molecular complexity index is 3840. The van der Waals surface area contributed by atoms with E-state index in [0.29, 0.717) is 17.6 Å². The molecule has 0 aliphatic rings. The molecule has 13 rings (SSSR count). The highest BCUT2D eigenvalue weighted by molar-refractivity contribution is 6.96. The molecular formula is C63H43B2N5. The first-order valence-electron chi connectivity index (χ1n) is 23.9. The van der Waals surface area contributed by atoms with Gasteiger partial charge in [0.1, 0.15) is 0 Å². The zero-order chi connectivity index (χ0) is 46.4. The van der Waals surface area contributed by atoms with E-state index >= 15 is 0 Å².